The molecule has 5 atom stereocenters. The highest BCUT2D eigenvalue weighted by Gasteiger charge is 2.43. The molecule has 0 aromatic carbocycles. The number of ether oxygens (including phenoxy) is 1. The van der Waals surface area contributed by atoms with Gasteiger partial charge >= 0.3 is 11.7 Å². The van der Waals surface area contributed by atoms with E-state index in [1.54, 1.807) is 0 Å². The van der Waals surface area contributed by atoms with Gasteiger partial charge in [-0.3, -0.25) is 14.2 Å². The summed E-state index contributed by atoms with van der Waals surface area (Å²) in [4.78, 5) is 37.8. The third-order valence-electron chi connectivity index (χ3n) is 3.61. The van der Waals surface area contributed by atoms with Gasteiger partial charge in [0, 0.05) is 6.20 Å². The second-order valence-electron chi connectivity index (χ2n) is 5.43. The summed E-state index contributed by atoms with van der Waals surface area (Å²) in [6.45, 7) is -0.547. The fourth-order valence-electron chi connectivity index (χ4n) is 2.27. The van der Waals surface area contributed by atoms with Crippen molar-refractivity contribution in [2.75, 3.05) is 11.9 Å². The van der Waals surface area contributed by atoms with Crippen LogP contribution in [0.25, 0.3) is 0 Å². The molecule has 25 heavy (non-hydrogen) atoms. The van der Waals surface area contributed by atoms with Crippen molar-refractivity contribution in [1.29, 1.82) is 0 Å². The Bertz CT molecular complexity index is 708. The molecular weight excluding hydrogens is 340 g/mol. The Hall–Kier alpha value is -2.38. The summed E-state index contributed by atoms with van der Waals surface area (Å²) in [5, 5.41) is 39.5. The van der Waals surface area contributed by atoms with Crippen LogP contribution in [0.1, 0.15) is 12.6 Å². The van der Waals surface area contributed by atoms with Gasteiger partial charge in [0.15, 0.2) is 6.23 Å². The lowest BCUT2D eigenvalue weighted by Crippen LogP contribution is -2.36. The molecular formula is C13H18N4O8. The zero-order chi connectivity index (χ0) is 18.7. The molecule has 0 saturated carbocycles. The maximum absolute atomic E-state index is 12.0. The zero-order valence-electron chi connectivity index (χ0n) is 12.8. The van der Waals surface area contributed by atoms with E-state index in [1.165, 1.54) is 12.3 Å². The molecule has 1 aliphatic rings. The van der Waals surface area contributed by atoms with Crippen molar-refractivity contribution in [2.24, 2.45) is 5.73 Å². The number of hydrogen-bond acceptors (Lipinski definition) is 9. The van der Waals surface area contributed by atoms with Crippen LogP contribution in [0.4, 0.5) is 5.82 Å². The van der Waals surface area contributed by atoms with Gasteiger partial charge in [-0.25, -0.2) is 4.79 Å². The number of aliphatic hydroxyl groups is 3. The first-order valence-electron chi connectivity index (χ1n) is 7.24. The Morgan fingerprint density at radius 2 is 2.08 bits per heavy atom. The van der Waals surface area contributed by atoms with Crippen LogP contribution in [0.5, 0.6) is 0 Å². The first kappa shape index (κ1) is 19.0. The monoisotopic (exact) mass is 358 g/mol. The summed E-state index contributed by atoms with van der Waals surface area (Å²) >= 11 is 0. The molecule has 12 heteroatoms. The average Bonchev–Trinajstić information content (AvgIpc) is 2.82. The minimum absolute atomic E-state index is 0.143. The molecule has 1 amide bonds. The fourth-order valence-corrected chi connectivity index (χ4v) is 2.27. The Balaban J connectivity index is 2.10. The number of nitrogens with zero attached hydrogens (tertiary/aromatic N) is 2. The number of nitrogens with two attached hydrogens (primary N) is 1. The van der Waals surface area contributed by atoms with E-state index in [4.69, 9.17) is 20.7 Å². The zero-order valence-corrected chi connectivity index (χ0v) is 12.8. The highest BCUT2D eigenvalue weighted by molar-refractivity contribution is 5.93. The van der Waals surface area contributed by atoms with Crippen LogP contribution in [0.3, 0.4) is 0 Å². The van der Waals surface area contributed by atoms with Crippen molar-refractivity contribution in [3.8, 4) is 0 Å². The Kier molecular flexibility index (Phi) is 5.81. The number of nitrogens with one attached hydrogen (secondary N) is 1. The number of hydrogen-bond donors (Lipinski definition) is 6. The maximum atomic E-state index is 12.0. The molecule has 2 rings (SSSR count). The largest absolute Gasteiger partial charge is 0.480 e. The first-order valence-corrected chi connectivity index (χ1v) is 7.24. The second-order valence-corrected chi connectivity index (χ2v) is 5.43. The molecule has 1 aromatic heterocycles. The van der Waals surface area contributed by atoms with Gasteiger partial charge in [-0.2, -0.15) is 4.98 Å². The van der Waals surface area contributed by atoms with Crippen LogP contribution >= 0.6 is 0 Å². The van der Waals surface area contributed by atoms with E-state index in [-0.39, 0.29) is 5.82 Å². The lowest BCUT2D eigenvalue weighted by atomic mass is 10.1. The Morgan fingerprint density at radius 1 is 1.40 bits per heavy atom. The summed E-state index contributed by atoms with van der Waals surface area (Å²) in [6.07, 6.45) is -4.47. The SMILES string of the molecule is NC(CC(=O)Nc1ccn([C@@H]2O[C@H](CO)C(O)[C@H]2O)c(=O)n1)C(=O)O. The standard InChI is InChI=1S/C13H18N4O8/c14-5(12(22)23)3-8(19)15-7-1-2-17(13(24)16-7)11-10(21)9(20)6(4-18)25-11/h1-2,5-6,9-11,18,20-21H,3-4,14H2,(H,22,23)(H,15,16,19,24)/t5?,6-,9?,10-,11-/m1/s1. The molecule has 1 aliphatic heterocycles. The predicted octanol–water partition coefficient (Wildman–Crippen LogP) is -3.40. The summed E-state index contributed by atoms with van der Waals surface area (Å²) < 4.78 is 6.10. The van der Waals surface area contributed by atoms with Crippen molar-refractivity contribution in [1.82, 2.24) is 9.55 Å². The number of aliphatic hydroxyl groups excluding tert-OH is 3. The van der Waals surface area contributed by atoms with Gasteiger partial charge in [-0.15, -0.1) is 0 Å². The minimum Gasteiger partial charge on any atom is -0.480 e. The topological polar surface area (TPSA) is 197 Å². The van der Waals surface area contributed by atoms with Gasteiger partial charge in [-0.1, -0.05) is 0 Å². The molecule has 1 saturated heterocycles. The Labute approximate surface area is 140 Å². The molecule has 12 nitrogen and oxygen atoms in total. The van der Waals surface area contributed by atoms with E-state index in [0.717, 1.165) is 4.57 Å². The van der Waals surface area contributed by atoms with E-state index in [0.29, 0.717) is 0 Å². The second kappa shape index (κ2) is 7.67. The van der Waals surface area contributed by atoms with Crippen molar-refractivity contribution in [3.63, 3.8) is 0 Å². The number of amides is 1. The maximum Gasteiger partial charge on any atom is 0.351 e. The molecule has 2 heterocycles. The smallest absolute Gasteiger partial charge is 0.351 e. The average molecular weight is 358 g/mol. The Morgan fingerprint density at radius 3 is 2.60 bits per heavy atom. The third-order valence-corrected chi connectivity index (χ3v) is 3.61. The number of carbonyl (C=O) groups is 2. The van der Waals surface area contributed by atoms with Crippen molar-refractivity contribution in [2.45, 2.75) is 37.0 Å². The normalized spacial score (nSPS) is 27.0. The number of aromatic nitrogens is 2. The van der Waals surface area contributed by atoms with Crippen molar-refractivity contribution in [3.05, 3.63) is 22.7 Å². The van der Waals surface area contributed by atoms with Gasteiger partial charge < -0.3 is 36.2 Å². The molecule has 0 bridgehead atoms. The number of carboxylic acids is 1. The van der Waals surface area contributed by atoms with Gasteiger partial charge in [-0.05, 0) is 6.07 Å². The highest BCUT2D eigenvalue weighted by atomic mass is 16.6. The lowest BCUT2D eigenvalue weighted by Gasteiger charge is -2.17. The summed E-state index contributed by atoms with van der Waals surface area (Å²) in [6, 6.07) is -0.167. The predicted molar refractivity (Wildman–Crippen MR) is 80.4 cm³/mol. The van der Waals surface area contributed by atoms with E-state index >= 15 is 0 Å². The van der Waals surface area contributed by atoms with Crippen LogP contribution in [-0.4, -0.2) is 72.8 Å². The summed E-state index contributed by atoms with van der Waals surface area (Å²) in [5.74, 6) is -2.23. The van der Waals surface area contributed by atoms with Gasteiger partial charge in [0.25, 0.3) is 0 Å². The van der Waals surface area contributed by atoms with Gasteiger partial charge in [0.05, 0.1) is 13.0 Å². The summed E-state index contributed by atoms with van der Waals surface area (Å²) in [5.41, 5.74) is 4.33. The molecule has 0 radical (unpaired) electrons. The van der Waals surface area contributed by atoms with Crippen molar-refractivity contribution >= 4 is 17.7 Å². The van der Waals surface area contributed by atoms with Gasteiger partial charge in [0.2, 0.25) is 5.91 Å². The van der Waals surface area contributed by atoms with Crippen LogP contribution in [0.2, 0.25) is 0 Å². The van der Waals surface area contributed by atoms with Crippen LogP contribution < -0.4 is 16.7 Å². The minimum atomic E-state index is -1.45. The van der Waals surface area contributed by atoms with E-state index in [1.807, 2.05) is 0 Å². The van der Waals surface area contributed by atoms with Gasteiger partial charge in [0.1, 0.15) is 30.2 Å². The third kappa shape index (κ3) is 4.18. The molecule has 138 valence electrons. The van der Waals surface area contributed by atoms with E-state index < -0.39 is 61.2 Å². The fraction of sp³-hybridized carbons (Fsp3) is 0.538. The van der Waals surface area contributed by atoms with Crippen LogP contribution in [-0.2, 0) is 14.3 Å². The molecule has 1 fully saturated rings. The molecule has 2 unspecified atom stereocenters. The number of aliphatic carboxylic acids is 1. The van der Waals surface area contributed by atoms with Crippen LogP contribution in [0, 0.1) is 0 Å². The number of rotatable bonds is 6. The molecule has 0 spiro atoms. The quantitative estimate of drug-likeness (QED) is 0.298. The number of carboxylic acid groups (broad SMARTS) is 1. The van der Waals surface area contributed by atoms with E-state index in [2.05, 4.69) is 10.3 Å². The number of carbonyl (C=O) groups excluding carboxylic acids is 1. The van der Waals surface area contributed by atoms with E-state index in [9.17, 15) is 24.6 Å². The highest BCUT2D eigenvalue weighted by Crippen LogP contribution is 2.28. The summed E-state index contributed by atoms with van der Waals surface area (Å²) in [7, 11) is 0. The first-order chi connectivity index (χ1) is 11.7. The molecule has 0 aliphatic carbocycles. The lowest BCUT2D eigenvalue weighted by molar-refractivity contribution is -0.140. The van der Waals surface area contributed by atoms with Crippen LogP contribution in [0.15, 0.2) is 17.1 Å². The van der Waals surface area contributed by atoms with Crippen molar-refractivity contribution < 1.29 is 34.8 Å². The molecule has 1 aromatic rings. The number of anilines is 1. The molecule has 7 N–H and O–H groups in total.